The van der Waals surface area contributed by atoms with Crippen LogP contribution < -0.4 is 25.3 Å². The third-order valence-corrected chi connectivity index (χ3v) is 7.05. The molecule has 3 heterocycles. The third-order valence-electron chi connectivity index (χ3n) is 5.83. The van der Waals surface area contributed by atoms with Gasteiger partial charge in [-0.2, -0.15) is 0 Å². The number of rotatable bonds is 4. The molecule has 2 aliphatic heterocycles. The molecule has 5 rings (SSSR count). The SMILES string of the molecule is COc1c2c(cc3c1C(Nc1sc4c(c1C(N)=O)CCC4)N(C)CC3)OCO2. The number of thiophene rings is 1. The van der Waals surface area contributed by atoms with Crippen LogP contribution in [0.25, 0.3) is 0 Å². The van der Waals surface area contributed by atoms with E-state index in [0.29, 0.717) is 17.1 Å². The number of aryl methyl sites for hydroxylation is 1. The van der Waals surface area contributed by atoms with Crippen LogP contribution in [0.5, 0.6) is 17.2 Å². The Morgan fingerprint density at radius 2 is 2.21 bits per heavy atom. The Morgan fingerprint density at radius 1 is 1.36 bits per heavy atom. The zero-order chi connectivity index (χ0) is 19.4. The number of fused-ring (bicyclic) bond motifs is 3. The van der Waals surface area contributed by atoms with Crippen LogP contribution in [0.1, 0.15) is 44.5 Å². The van der Waals surface area contributed by atoms with E-state index < -0.39 is 0 Å². The number of primary amides is 1. The number of hydrogen-bond donors (Lipinski definition) is 2. The molecule has 1 amide bonds. The first-order valence-electron chi connectivity index (χ1n) is 9.49. The summed E-state index contributed by atoms with van der Waals surface area (Å²) in [6, 6.07) is 2.05. The second-order valence-electron chi connectivity index (χ2n) is 7.42. The number of ether oxygens (including phenoxy) is 3. The molecule has 0 bridgehead atoms. The Balaban J connectivity index is 1.61. The van der Waals surface area contributed by atoms with Gasteiger partial charge in [0.05, 0.1) is 12.7 Å². The van der Waals surface area contributed by atoms with E-state index in [9.17, 15) is 4.79 Å². The van der Waals surface area contributed by atoms with Crippen molar-refractivity contribution >= 4 is 22.2 Å². The van der Waals surface area contributed by atoms with E-state index >= 15 is 0 Å². The molecule has 1 aliphatic carbocycles. The molecule has 3 aliphatic rings. The van der Waals surface area contributed by atoms with Crippen molar-refractivity contribution in [1.82, 2.24) is 4.90 Å². The Morgan fingerprint density at radius 3 is 3.00 bits per heavy atom. The highest BCUT2D eigenvalue weighted by molar-refractivity contribution is 7.16. The van der Waals surface area contributed by atoms with Gasteiger partial charge >= 0.3 is 0 Å². The highest BCUT2D eigenvalue weighted by Gasteiger charge is 2.35. The quantitative estimate of drug-likeness (QED) is 0.819. The van der Waals surface area contributed by atoms with Gasteiger partial charge in [0.15, 0.2) is 11.5 Å². The van der Waals surface area contributed by atoms with Crippen molar-refractivity contribution in [1.29, 1.82) is 0 Å². The fraction of sp³-hybridized carbons (Fsp3) is 0.450. The summed E-state index contributed by atoms with van der Waals surface area (Å²) >= 11 is 1.65. The lowest BCUT2D eigenvalue weighted by molar-refractivity contribution is 0.100. The Hall–Kier alpha value is -2.45. The first-order valence-corrected chi connectivity index (χ1v) is 10.3. The minimum atomic E-state index is -0.363. The van der Waals surface area contributed by atoms with Gasteiger partial charge in [0.25, 0.3) is 5.91 Å². The van der Waals surface area contributed by atoms with E-state index in [1.54, 1.807) is 18.4 Å². The van der Waals surface area contributed by atoms with E-state index in [1.165, 1.54) is 10.4 Å². The average Bonchev–Trinajstić information content (AvgIpc) is 3.37. The van der Waals surface area contributed by atoms with Crippen LogP contribution in [0.3, 0.4) is 0 Å². The molecule has 0 fully saturated rings. The maximum atomic E-state index is 12.2. The van der Waals surface area contributed by atoms with Gasteiger partial charge in [0.1, 0.15) is 11.2 Å². The maximum absolute atomic E-state index is 12.2. The highest BCUT2D eigenvalue weighted by atomic mass is 32.1. The molecule has 1 atom stereocenters. The number of nitrogens with zero attached hydrogens (tertiary/aromatic N) is 1. The molecule has 3 N–H and O–H groups in total. The van der Waals surface area contributed by atoms with Crippen molar-refractivity contribution in [3.63, 3.8) is 0 Å². The van der Waals surface area contributed by atoms with Crippen LogP contribution in [0, 0.1) is 0 Å². The molecule has 1 aromatic heterocycles. The fourth-order valence-corrected chi connectivity index (χ4v) is 5.82. The van der Waals surface area contributed by atoms with E-state index in [2.05, 4.69) is 17.3 Å². The third kappa shape index (κ3) is 2.55. The van der Waals surface area contributed by atoms with E-state index in [4.69, 9.17) is 19.9 Å². The van der Waals surface area contributed by atoms with Crippen LogP contribution in [0.4, 0.5) is 5.00 Å². The van der Waals surface area contributed by atoms with Crippen molar-refractivity contribution in [3.8, 4) is 17.2 Å². The molecule has 0 saturated heterocycles. The molecule has 28 heavy (non-hydrogen) atoms. The van der Waals surface area contributed by atoms with E-state index in [-0.39, 0.29) is 18.9 Å². The van der Waals surface area contributed by atoms with Crippen molar-refractivity contribution in [2.45, 2.75) is 31.8 Å². The lowest BCUT2D eigenvalue weighted by Gasteiger charge is -2.36. The van der Waals surface area contributed by atoms with Gasteiger partial charge in [-0.05, 0) is 49.9 Å². The lowest BCUT2D eigenvalue weighted by Crippen LogP contribution is -2.37. The number of likely N-dealkylation sites (N-methyl/N-ethyl adjacent to an activating group) is 1. The van der Waals surface area contributed by atoms with E-state index in [0.717, 1.165) is 54.1 Å². The van der Waals surface area contributed by atoms with Crippen LogP contribution >= 0.6 is 11.3 Å². The zero-order valence-corrected chi connectivity index (χ0v) is 16.8. The zero-order valence-electron chi connectivity index (χ0n) is 16.0. The molecule has 7 nitrogen and oxygen atoms in total. The number of anilines is 1. The van der Waals surface area contributed by atoms with Crippen molar-refractivity contribution in [2.75, 3.05) is 32.8 Å². The number of benzene rings is 1. The average molecular weight is 401 g/mol. The van der Waals surface area contributed by atoms with Gasteiger partial charge in [-0.1, -0.05) is 0 Å². The number of hydrogen-bond acceptors (Lipinski definition) is 7. The van der Waals surface area contributed by atoms with Gasteiger partial charge in [-0.25, -0.2) is 0 Å². The van der Waals surface area contributed by atoms with Crippen LogP contribution in [0.2, 0.25) is 0 Å². The van der Waals surface area contributed by atoms with Gasteiger partial charge in [0.2, 0.25) is 12.5 Å². The van der Waals surface area contributed by atoms with Crippen molar-refractivity contribution in [2.24, 2.45) is 5.73 Å². The topological polar surface area (TPSA) is 86.0 Å². The predicted octanol–water partition coefficient (Wildman–Crippen LogP) is 2.67. The lowest BCUT2D eigenvalue weighted by atomic mass is 9.95. The van der Waals surface area contributed by atoms with Gasteiger partial charge in [0, 0.05) is 17.0 Å². The van der Waals surface area contributed by atoms with Gasteiger partial charge in [-0.3, -0.25) is 9.69 Å². The molecule has 0 saturated carbocycles. The summed E-state index contributed by atoms with van der Waals surface area (Å²) in [5.41, 5.74) is 9.72. The number of methoxy groups -OCH3 is 1. The summed E-state index contributed by atoms with van der Waals surface area (Å²) < 4.78 is 17.0. The number of amides is 1. The summed E-state index contributed by atoms with van der Waals surface area (Å²) in [7, 11) is 3.72. The molecule has 1 unspecified atom stereocenters. The molecule has 8 heteroatoms. The number of carbonyl (C=O) groups is 1. The molecule has 1 aromatic carbocycles. The largest absolute Gasteiger partial charge is 0.492 e. The smallest absolute Gasteiger partial charge is 0.251 e. The van der Waals surface area contributed by atoms with Crippen LogP contribution in [0.15, 0.2) is 6.07 Å². The normalized spacial score (nSPS) is 20.0. The highest BCUT2D eigenvalue weighted by Crippen LogP contribution is 2.50. The van der Waals surface area contributed by atoms with Crippen LogP contribution in [-0.4, -0.2) is 38.3 Å². The predicted molar refractivity (Wildman–Crippen MR) is 107 cm³/mol. The summed E-state index contributed by atoms with van der Waals surface area (Å²) in [4.78, 5) is 15.7. The molecule has 148 valence electrons. The number of nitrogens with one attached hydrogen (secondary N) is 1. The standard InChI is InChI=1S/C20H23N3O4S/c1-23-7-6-10-8-12-16(27-9-26-12)17(25-2)14(10)19(23)22-20-15(18(21)24)11-4-3-5-13(11)28-20/h8,19,22H,3-7,9H2,1-2H3,(H2,21,24). The van der Waals surface area contributed by atoms with E-state index in [1.807, 2.05) is 6.07 Å². The maximum Gasteiger partial charge on any atom is 0.251 e. The van der Waals surface area contributed by atoms with Gasteiger partial charge in [-0.15, -0.1) is 11.3 Å². The molecule has 0 spiro atoms. The number of nitrogens with two attached hydrogens (primary N) is 1. The van der Waals surface area contributed by atoms with Gasteiger partial charge < -0.3 is 25.3 Å². The Kier molecular flexibility index (Phi) is 4.13. The second kappa shape index (κ2) is 6.56. The summed E-state index contributed by atoms with van der Waals surface area (Å²) in [6.45, 7) is 1.08. The minimum Gasteiger partial charge on any atom is -0.492 e. The first-order chi connectivity index (χ1) is 13.6. The Bertz CT molecular complexity index is 971. The minimum absolute atomic E-state index is 0.148. The van der Waals surface area contributed by atoms with Crippen molar-refractivity contribution in [3.05, 3.63) is 33.2 Å². The molecular weight excluding hydrogens is 378 g/mol. The number of carbonyl (C=O) groups excluding carboxylic acids is 1. The first kappa shape index (κ1) is 17.6. The second-order valence-corrected chi connectivity index (χ2v) is 8.52. The fourth-order valence-electron chi connectivity index (χ4n) is 4.51. The summed E-state index contributed by atoms with van der Waals surface area (Å²) in [6.07, 6.45) is 3.77. The van der Waals surface area contributed by atoms with Crippen molar-refractivity contribution < 1.29 is 19.0 Å². The molecule has 2 aromatic rings. The molecule has 0 radical (unpaired) electrons. The summed E-state index contributed by atoms with van der Waals surface area (Å²) in [5, 5.41) is 4.45. The molecular formula is C20H23N3O4S. The Labute approximate surface area is 167 Å². The summed E-state index contributed by atoms with van der Waals surface area (Å²) in [5.74, 6) is 1.70. The monoisotopic (exact) mass is 401 g/mol. The van der Waals surface area contributed by atoms with Crippen LogP contribution in [-0.2, 0) is 19.3 Å².